The lowest BCUT2D eigenvalue weighted by Gasteiger charge is -2.17. The molecule has 1 aromatic rings. The van der Waals surface area contributed by atoms with Crippen LogP contribution in [0.25, 0.3) is 0 Å². The van der Waals surface area contributed by atoms with Gasteiger partial charge in [-0.3, -0.25) is 9.59 Å². The maximum atomic E-state index is 11.3. The molecule has 0 aromatic carbocycles. The summed E-state index contributed by atoms with van der Waals surface area (Å²) in [5.41, 5.74) is 0.334. The van der Waals surface area contributed by atoms with Gasteiger partial charge in [0.15, 0.2) is 0 Å². The van der Waals surface area contributed by atoms with Crippen molar-refractivity contribution in [2.45, 2.75) is 6.92 Å². The third kappa shape index (κ3) is 3.41. The summed E-state index contributed by atoms with van der Waals surface area (Å²) in [5.74, 6) is -0.0831. The summed E-state index contributed by atoms with van der Waals surface area (Å²) < 4.78 is 0. The molecule has 1 amide bonds. The number of rotatable bonds is 4. The molecule has 6 nitrogen and oxygen atoms in total. The quantitative estimate of drug-likeness (QED) is 0.691. The third-order valence-corrected chi connectivity index (χ3v) is 1.85. The zero-order valence-electron chi connectivity index (χ0n) is 8.78. The summed E-state index contributed by atoms with van der Waals surface area (Å²) in [5, 5.41) is 8.59. The van der Waals surface area contributed by atoms with Gasteiger partial charge in [-0.2, -0.15) is 5.10 Å². The molecule has 0 radical (unpaired) electrons. The molecule has 0 aliphatic heterocycles. The monoisotopic (exact) mass is 210 g/mol. The predicted octanol–water partition coefficient (Wildman–Crippen LogP) is -0.658. The number of nitrogens with zero attached hydrogens (tertiary/aromatic N) is 2. The van der Waals surface area contributed by atoms with Crippen LogP contribution in [0.4, 0.5) is 5.69 Å². The van der Waals surface area contributed by atoms with E-state index in [0.717, 1.165) is 0 Å². The van der Waals surface area contributed by atoms with Crippen LogP contribution in [0.3, 0.4) is 0 Å². The Morgan fingerprint density at radius 3 is 3.00 bits per heavy atom. The zero-order valence-corrected chi connectivity index (χ0v) is 8.78. The number of likely N-dealkylation sites (N-methyl/N-ethyl adjacent to an activating group) is 2. The molecule has 1 heterocycles. The molecule has 0 bridgehead atoms. The van der Waals surface area contributed by atoms with Crippen molar-refractivity contribution in [3.05, 3.63) is 22.6 Å². The van der Waals surface area contributed by atoms with Crippen LogP contribution in [0.15, 0.2) is 17.1 Å². The molecule has 0 saturated carbocycles. The minimum absolute atomic E-state index is 0.0831. The Labute approximate surface area is 87.3 Å². The number of carbonyl (C=O) groups excluding carboxylic acids is 1. The maximum Gasteiger partial charge on any atom is 0.266 e. The Morgan fingerprint density at radius 1 is 1.67 bits per heavy atom. The maximum absolute atomic E-state index is 11.3. The second kappa shape index (κ2) is 5.14. The highest BCUT2D eigenvalue weighted by atomic mass is 16.2. The molecule has 0 aliphatic rings. The molecule has 0 unspecified atom stereocenters. The van der Waals surface area contributed by atoms with Gasteiger partial charge in [-0.05, 0) is 6.92 Å². The Hall–Kier alpha value is -1.85. The second-order valence-corrected chi connectivity index (χ2v) is 3.11. The predicted molar refractivity (Wildman–Crippen MR) is 56.8 cm³/mol. The van der Waals surface area contributed by atoms with Gasteiger partial charge in [-0.15, -0.1) is 0 Å². The second-order valence-electron chi connectivity index (χ2n) is 3.11. The molecule has 0 atom stereocenters. The number of H-pyrrole nitrogens is 1. The highest BCUT2D eigenvalue weighted by molar-refractivity contribution is 5.80. The molecule has 0 aliphatic carbocycles. The summed E-state index contributed by atoms with van der Waals surface area (Å²) in [6, 6.07) is 1.40. The fourth-order valence-corrected chi connectivity index (χ4v) is 1.13. The largest absolute Gasteiger partial charge is 0.364 e. The van der Waals surface area contributed by atoms with E-state index in [4.69, 9.17) is 0 Å². The van der Waals surface area contributed by atoms with Gasteiger partial charge in [0.1, 0.15) is 0 Å². The molecule has 0 saturated heterocycles. The van der Waals surface area contributed by atoms with Gasteiger partial charge in [0.2, 0.25) is 5.91 Å². The number of aromatic nitrogens is 2. The molecule has 6 heteroatoms. The summed E-state index contributed by atoms with van der Waals surface area (Å²) in [7, 11) is 1.73. The standard InChI is InChI=1S/C9H14N4O2/c1-3-10-9(15)6-13(2)7-4-8(14)12-11-5-7/h4-5H,3,6H2,1-2H3,(H,10,15)(H,12,14). The van der Waals surface area contributed by atoms with Gasteiger partial charge < -0.3 is 10.2 Å². The van der Waals surface area contributed by atoms with Crippen molar-refractivity contribution in [2.24, 2.45) is 0 Å². The van der Waals surface area contributed by atoms with Crippen LogP contribution >= 0.6 is 0 Å². The molecular formula is C9H14N4O2. The summed E-state index contributed by atoms with van der Waals surface area (Å²) in [6.07, 6.45) is 1.50. The summed E-state index contributed by atoms with van der Waals surface area (Å²) in [4.78, 5) is 23.9. The van der Waals surface area contributed by atoms with Gasteiger partial charge in [0, 0.05) is 19.7 Å². The number of hydrogen-bond acceptors (Lipinski definition) is 4. The smallest absolute Gasteiger partial charge is 0.266 e. The first kappa shape index (κ1) is 11.2. The van der Waals surface area contributed by atoms with Crippen molar-refractivity contribution in [2.75, 3.05) is 25.0 Å². The van der Waals surface area contributed by atoms with Crippen molar-refractivity contribution in [3.63, 3.8) is 0 Å². The normalized spacial score (nSPS) is 9.73. The van der Waals surface area contributed by atoms with E-state index < -0.39 is 0 Å². The van der Waals surface area contributed by atoms with Crippen LogP contribution in [0, 0.1) is 0 Å². The van der Waals surface area contributed by atoms with Gasteiger partial charge in [0.05, 0.1) is 18.4 Å². The zero-order chi connectivity index (χ0) is 11.3. The van der Waals surface area contributed by atoms with Crippen molar-refractivity contribution in [1.82, 2.24) is 15.5 Å². The molecule has 15 heavy (non-hydrogen) atoms. The Bertz CT molecular complexity index is 388. The summed E-state index contributed by atoms with van der Waals surface area (Å²) in [6.45, 7) is 2.66. The molecule has 0 fully saturated rings. The van der Waals surface area contributed by atoms with E-state index in [9.17, 15) is 9.59 Å². The summed E-state index contributed by atoms with van der Waals surface area (Å²) >= 11 is 0. The lowest BCUT2D eigenvalue weighted by molar-refractivity contribution is -0.119. The number of hydrogen-bond donors (Lipinski definition) is 2. The van der Waals surface area contributed by atoms with E-state index in [2.05, 4.69) is 15.5 Å². The molecular weight excluding hydrogens is 196 g/mol. The first-order valence-corrected chi connectivity index (χ1v) is 4.66. The highest BCUT2D eigenvalue weighted by Gasteiger charge is 2.06. The average molecular weight is 210 g/mol. The van der Waals surface area contributed by atoms with Crippen LogP contribution in [0.5, 0.6) is 0 Å². The number of carbonyl (C=O) groups is 1. The van der Waals surface area contributed by atoms with E-state index in [1.807, 2.05) is 6.92 Å². The van der Waals surface area contributed by atoms with Gasteiger partial charge in [0.25, 0.3) is 5.56 Å². The molecule has 1 aromatic heterocycles. The number of anilines is 1. The molecule has 82 valence electrons. The number of aromatic amines is 1. The minimum Gasteiger partial charge on any atom is -0.364 e. The third-order valence-electron chi connectivity index (χ3n) is 1.85. The fourth-order valence-electron chi connectivity index (χ4n) is 1.13. The van der Waals surface area contributed by atoms with E-state index in [-0.39, 0.29) is 18.0 Å². The van der Waals surface area contributed by atoms with E-state index in [0.29, 0.717) is 12.2 Å². The molecule has 0 spiro atoms. The van der Waals surface area contributed by atoms with E-state index >= 15 is 0 Å². The first-order valence-electron chi connectivity index (χ1n) is 4.66. The van der Waals surface area contributed by atoms with Crippen LogP contribution in [0.1, 0.15) is 6.92 Å². The Morgan fingerprint density at radius 2 is 2.40 bits per heavy atom. The minimum atomic E-state index is -0.282. The fraction of sp³-hybridized carbons (Fsp3) is 0.444. The Balaban J connectivity index is 2.64. The van der Waals surface area contributed by atoms with Crippen molar-refractivity contribution in [1.29, 1.82) is 0 Å². The van der Waals surface area contributed by atoms with Crippen LogP contribution in [-0.2, 0) is 4.79 Å². The number of amides is 1. The first-order chi connectivity index (χ1) is 7.13. The lowest BCUT2D eigenvalue weighted by atomic mass is 10.4. The molecule has 1 rings (SSSR count). The van der Waals surface area contributed by atoms with E-state index in [1.165, 1.54) is 12.3 Å². The SMILES string of the molecule is CCNC(=O)CN(C)c1cn[nH]c(=O)c1. The Kier molecular flexibility index (Phi) is 3.84. The topological polar surface area (TPSA) is 78.1 Å². The van der Waals surface area contributed by atoms with Crippen molar-refractivity contribution in [3.8, 4) is 0 Å². The average Bonchev–Trinajstić information content (AvgIpc) is 2.18. The highest BCUT2D eigenvalue weighted by Crippen LogP contribution is 2.04. The van der Waals surface area contributed by atoms with Gasteiger partial charge >= 0.3 is 0 Å². The lowest BCUT2D eigenvalue weighted by Crippen LogP contribution is -2.35. The van der Waals surface area contributed by atoms with Crippen LogP contribution in [0.2, 0.25) is 0 Å². The van der Waals surface area contributed by atoms with Crippen molar-refractivity contribution < 1.29 is 4.79 Å². The van der Waals surface area contributed by atoms with Gasteiger partial charge in [-0.1, -0.05) is 0 Å². The number of nitrogens with one attached hydrogen (secondary N) is 2. The molecule has 2 N–H and O–H groups in total. The van der Waals surface area contributed by atoms with Crippen LogP contribution in [-0.4, -0.2) is 36.2 Å². The van der Waals surface area contributed by atoms with Crippen LogP contribution < -0.4 is 15.8 Å². The van der Waals surface area contributed by atoms with Gasteiger partial charge in [-0.25, -0.2) is 5.10 Å². The van der Waals surface area contributed by atoms with E-state index in [1.54, 1.807) is 11.9 Å². The van der Waals surface area contributed by atoms with Crippen molar-refractivity contribution >= 4 is 11.6 Å².